The minimum Gasteiger partial charge on any atom is -0.367 e. The molecule has 0 bridgehead atoms. The first-order valence-electron chi connectivity index (χ1n) is 8.74. The maximum absolute atomic E-state index is 11.4. The van der Waals surface area contributed by atoms with Crippen LogP contribution in [0.2, 0.25) is 0 Å². The first-order valence-corrected chi connectivity index (χ1v) is 8.74. The Kier molecular flexibility index (Phi) is 4.98. The molecule has 0 spiro atoms. The number of aromatic nitrogens is 2. The lowest BCUT2D eigenvalue weighted by Crippen LogP contribution is -2.48. The SMILES string of the molecule is CC(=O)N1CCN(c2nc(C)cc(NC3CCCCC3)n2)CC1. The summed E-state index contributed by atoms with van der Waals surface area (Å²) in [5.74, 6) is 1.87. The molecule has 3 rings (SSSR count). The van der Waals surface area contributed by atoms with Gasteiger partial charge < -0.3 is 15.1 Å². The van der Waals surface area contributed by atoms with Gasteiger partial charge in [-0.15, -0.1) is 0 Å². The molecule has 1 saturated carbocycles. The molecule has 0 radical (unpaired) electrons. The van der Waals surface area contributed by atoms with Gasteiger partial charge in [0.25, 0.3) is 0 Å². The lowest BCUT2D eigenvalue weighted by Gasteiger charge is -2.34. The Balaban J connectivity index is 1.66. The van der Waals surface area contributed by atoms with Gasteiger partial charge in [-0.05, 0) is 19.8 Å². The molecule has 1 aromatic heterocycles. The summed E-state index contributed by atoms with van der Waals surface area (Å²) in [6.45, 7) is 6.74. The van der Waals surface area contributed by atoms with E-state index < -0.39 is 0 Å². The number of hydrogen-bond acceptors (Lipinski definition) is 5. The molecule has 0 unspecified atom stereocenters. The Hall–Kier alpha value is -1.85. The van der Waals surface area contributed by atoms with E-state index in [1.54, 1.807) is 6.92 Å². The number of nitrogens with zero attached hydrogens (tertiary/aromatic N) is 4. The van der Waals surface area contributed by atoms with Crippen LogP contribution in [0.3, 0.4) is 0 Å². The Labute approximate surface area is 138 Å². The van der Waals surface area contributed by atoms with Crippen molar-refractivity contribution in [3.05, 3.63) is 11.8 Å². The molecule has 1 N–H and O–H groups in total. The Bertz CT molecular complexity index is 548. The quantitative estimate of drug-likeness (QED) is 0.926. The van der Waals surface area contributed by atoms with E-state index in [1.807, 2.05) is 17.9 Å². The molecule has 6 heteroatoms. The third kappa shape index (κ3) is 4.12. The maximum Gasteiger partial charge on any atom is 0.227 e. The molecule has 1 aliphatic heterocycles. The molecule has 23 heavy (non-hydrogen) atoms. The van der Waals surface area contributed by atoms with Crippen molar-refractivity contribution in [2.45, 2.75) is 52.0 Å². The van der Waals surface area contributed by atoms with E-state index >= 15 is 0 Å². The molecule has 1 aliphatic carbocycles. The zero-order chi connectivity index (χ0) is 16.2. The van der Waals surface area contributed by atoms with Crippen LogP contribution in [0, 0.1) is 6.92 Å². The number of aryl methyl sites for hydroxylation is 1. The Morgan fingerprint density at radius 1 is 1.13 bits per heavy atom. The van der Waals surface area contributed by atoms with Crippen LogP contribution in [0.5, 0.6) is 0 Å². The molecule has 0 aromatic carbocycles. The van der Waals surface area contributed by atoms with Crippen molar-refractivity contribution in [2.24, 2.45) is 0 Å². The smallest absolute Gasteiger partial charge is 0.227 e. The second-order valence-electron chi connectivity index (χ2n) is 6.67. The molecule has 2 heterocycles. The Morgan fingerprint density at radius 3 is 2.48 bits per heavy atom. The number of nitrogens with one attached hydrogen (secondary N) is 1. The molecular formula is C17H27N5O. The highest BCUT2D eigenvalue weighted by Crippen LogP contribution is 2.22. The van der Waals surface area contributed by atoms with Crippen molar-refractivity contribution in [1.82, 2.24) is 14.9 Å². The van der Waals surface area contributed by atoms with Gasteiger partial charge in [0.2, 0.25) is 11.9 Å². The van der Waals surface area contributed by atoms with Crippen molar-refractivity contribution in [3.8, 4) is 0 Å². The minimum absolute atomic E-state index is 0.148. The van der Waals surface area contributed by atoms with Crippen molar-refractivity contribution in [3.63, 3.8) is 0 Å². The summed E-state index contributed by atoms with van der Waals surface area (Å²) in [6.07, 6.45) is 6.43. The molecule has 126 valence electrons. The topological polar surface area (TPSA) is 61.4 Å². The highest BCUT2D eigenvalue weighted by molar-refractivity contribution is 5.73. The third-order valence-corrected chi connectivity index (χ3v) is 4.81. The fraction of sp³-hybridized carbons (Fsp3) is 0.706. The number of piperazine rings is 1. The van der Waals surface area contributed by atoms with Crippen LogP contribution in [0.25, 0.3) is 0 Å². The second kappa shape index (κ2) is 7.15. The Morgan fingerprint density at radius 2 is 1.83 bits per heavy atom. The monoisotopic (exact) mass is 317 g/mol. The van der Waals surface area contributed by atoms with Gasteiger partial charge in [-0.3, -0.25) is 4.79 Å². The largest absolute Gasteiger partial charge is 0.367 e. The van der Waals surface area contributed by atoms with Crippen molar-refractivity contribution < 1.29 is 4.79 Å². The van der Waals surface area contributed by atoms with E-state index in [9.17, 15) is 4.79 Å². The van der Waals surface area contributed by atoms with Gasteiger partial charge in [0.1, 0.15) is 5.82 Å². The summed E-state index contributed by atoms with van der Waals surface area (Å²) < 4.78 is 0. The van der Waals surface area contributed by atoms with E-state index in [0.717, 1.165) is 43.6 Å². The zero-order valence-electron chi connectivity index (χ0n) is 14.2. The fourth-order valence-corrected chi connectivity index (χ4v) is 3.45. The van der Waals surface area contributed by atoms with E-state index in [4.69, 9.17) is 4.98 Å². The number of amides is 1. The summed E-state index contributed by atoms with van der Waals surface area (Å²) in [6, 6.07) is 2.57. The number of carbonyl (C=O) groups excluding carboxylic acids is 1. The van der Waals surface area contributed by atoms with E-state index in [2.05, 4.69) is 15.2 Å². The van der Waals surface area contributed by atoms with Crippen LogP contribution in [-0.2, 0) is 4.79 Å². The molecule has 1 amide bonds. The molecular weight excluding hydrogens is 290 g/mol. The summed E-state index contributed by atoms with van der Waals surface area (Å²) in [4.78, 5) is 24.8. The van der Waals surface area contributed by atoms with Crippen LogP contribution in [0.1, 0.15) is 44.7 Å². The van der Waals surface area contributed by atoms with Crippen LogP contribution < -0.4 is 10.2 Å². The van der Waals surface area contributed by atoms with Gasteiger partial charge in [-0.1, -0.05) is 19.3 Å². The lowest BCUT2D eigenvalue weighted by molar-refractivity contribution is -0.129. The van der Waals surface area contributed by atoms with Gasteiger partial charge in [0.05, 0.1) is 0 Å². The van der Waals surface area contributed by atoms with Crippen molar-refractivity contribution >= 4 is 17.7 Å². The van der Waals surface area contributed by atoms with Crippen molar-refractivity contribution in [2.75, 3.05) is 36.4 Å². The molecule has 2 fully saturated rings. The summed E-state index contributed by atoms with van der Waals surface area (Å²) >= 11 is 0. The van der Waals surface area contributed by atoms with Gasteiger partial charge in [-0.2, -0.15) is 4.98 Å². The van der Waals surface area contributed by atoms with Crippen LogP contribution >= 0.6 is 0 Å². The van der Waals surface area contributed by atoms with E-state index in [1.165, 1.54) is 32.1 Å². The molecule has 1 aromatic rings. The third-order valence-electron chi connectivity index (χ3n) is 4.81. The zero-order valence-corrected chi connectivity index (χ0v) is 14.2. The minimum atomic E-state index is 0.148. The van der Waals surface area contributed by atoms with Crippen LogP contribution in [0.15, 0.2) is 6.07 Å². The molecule has 1 saturated heterocycles. The second-order valence-corrected chi connectivity index (χ2v) is 6.67. The van der Waals surface area contributed by atoms with Crippen LogP contribution in [-0.4, -0.2) is 53.0 Å². The van der Waals surface area contributed by atoms with E-state index in [-0.39, 0.29) is 5.91 Å². The predicted octanol–water partition coefficient (Wildman–Crippen LogP) is 2.20. The first-order chi connectivity index (χ1) is 11.1. The van der Waals surface area contributed by atoms with Gasteiger partial charge in [0, 0.05) is 50.9 Å². The van der Waals surface area contributed by atoms with E-state index in [0.29, 0.717) is 6.04 Å². The van der Waals surface area contributed by atoms with Crippen molar-refractivity contribution in [1.29, 1.82) is 0 Å². The number of hydrogen-bond donors (Lipinski definition) is 1. The van der Waals surface area contributed by atoms with Crippen LogP contribution in [0.4, 0.5) is 11.8 Å². The number of carbonyl (C=O) groups is 1. The van der Waals surface area contributed by atoms with Gasteiger partial charge in [-0.25, -0.2) is 4.98 Å². The number of rotatable bonds is 3. The highest BCUT2D eigenvalue weighted by Gasteiger charge is 2.21. The number of anilines is 2. The first kappa shape index (κ1) is 16.0. The molecule has 6 nitrogen and oxygen atoms in total. The summed E-state index contributed by atoms with van der Waals surface area (Å²) in [5, 5.41) is 3.59. The highest BCUT2D eigenvalue weighted by atomic mass is 16.2. The predicted molar refractivity (Wildman–Crippen MR) is 91.7 cm³/mol. The average Bonchev–Trinajstić information content (AvgIpc) is 2.55. The lowest BCUT2D eigenvalue weighted by atomic mass is 9.95. The average molecular weight is 317 g/mol. The normalized spacial score (nSPS) is 19.7. The standard InChI is InChI=1S/C17H27N5O/c1-13-12-16(19-15-6-4-3-5-7-15)20-17(18-13)22-10-8-21(9-11-22)14(2)23/h12,15H,3-11H2,1-2H3,(H,18,19,20). The van der Waals surface area contributed by atoms with Gasteiger partial charge in [0.15, 0.2) is 0 Å². The van der Waals surface area contributed by atoms with Gasteiger partial charge >= 0.3 is 0 Å². The maximum atomic E-state index is 11.4. The molecule has 0 atom stereocenters. The fourth-order valence-electron chi connectivity index (χ4n) is 3.45. The summed E-state index contributed by atoms with van der Waals surface area (Å²) in [7, 11) is 0. The molecule has 2 aliphatic rings. The summed E-state index contributed by atoms with van der Waals surface area (Å²) in [5.41, 5.74) is 0.988.